The second kappa shape index (κ2) is 10.3. The lowest BCUT2D eigenvalue weighted by atomic mass is 10.0. The monoisotopic (exact) mass is 501 g/mol. The van der Waals surface area contributed by atoms with Crippen LogP contribution in [0.25, 0.3) is 0 Å². The van der Waals surface area contributed by atoms with Gasteiger partial charge in [-0.2, -0.15) is 5.10 Å². The number of anilines is 1. The first kappa shape index (κ1) is 25.0. The zero-order chi connectivity index (χ0) is 26.0. The van der Waals surface area contributed by atoms with Crippen LogP contribution in [0.15, 0.2) is 53.1 Å². The molecule has 4 aromatic rings. The van der Waals surface area contributed by atoms with Crippen LogP contribution in [-0.4, -0.2) is 15.7 Å². The van der Waals surface area contributed by atoms with E-state index >= 15 is 0 Å². The lowest BCUT2D eigenvalue weighted by molar-refractivity contribution is 0.0992. The van der Waals surface area contributed by atoms with Crippen molar-refractivity contribution < 1.29 is 31.5 Å². The average Bonchev–Trinajstić information content (AvgIpc) is 3.48. The molecule has 2 heterocycles. The Bertz CT molecular complexity index is 1390. The molecule has 2 aromatic carbocycles. The van der Waals surface area contributed by atoms with Crippen molar-refractivity contribution >= 4 is 11.7 Å². The molecule has 0 bridgehead atoms. The molecule has 1 amide bonds. The van der Waals surface area contributed by atoms with E-state index < -0.39 is 41.3 Å². The summed E-state index contributed by atoms with van der Waals surface area (Å²) in [5, 5.41) is 6.46. The number of aryl methyl sites for hydroxylation is 1. The number of furan rings is 1. The smallest absolute Gasteiger partial charge is 0.292 e. The molecule has 0 saturated heterocycles. The number of hydrogen-bond donors (Lipinski definition) is 1. The van der Waals surface area contributed by atoms with Crippen LogP contribution in [0.5, 0.6) is 5.75 Å². The summed E-state index contributed by atoms with van der Waals surface area (Å²) in [5.41, 5.74) is 1.29. The molecule has 188 valence electrons. The summed E-state index contributed by atoms with van der Waals surface area (Å²) >= 11 is 0. The zero-order valence-electron chi connectivity index (χ0n) is 19.7. The highest BCUT2D eigenvalue weighted by Crippen LogP contribution is 2.28. The standard InChI is InChI=1S/C26H23F4N3O3/c1-14(2)17-6-4-15(3)10-22(17)35-13-16-5-7-21(36-16)26(34)31-23-8-9-33(32-23)12-18-24(29)19(27)11-20(28)25(18)30/h4-11,14H,12-13H2,1-3H3,(H,31,32,34). The number of rotatable bonds is 8. The first-order valence-corrected chi connectivity index (χ1v) is 11.1. The topological polar surface area (TPSA) is 69.3 Å². The summed E-state index contributed by atoms with van der Waals surface area (Å²) in [7, 11) is 0. The van der Waals surface area contributed by atoms with E-state index in [0.29, 0.717) is 5.76 Å². The number of nitrogens with zero attached hydrogens (tertiary/aromatic N) is 2. The van der Waals surface area contributed by atoms with E-state index in [0.717, 1.165) is 21.6 Å². The first-order chi connectivity index (χ1) is 17.1. The minimum Gasteiger partial charge on any atom is -0.485 e. The highest BCUT2D eigenvalue weighted by atomic mass is 19.2. The number of hydrogen-bond acceptors (Lipinski definition) is 4. The number of ether oxygens (including phenoxy) is 1. The van der Waals surface area contributed by atoms with Crippen molar-refractivity contribution in [1.82, 2.24) is 9.78 Å². The molecular weight excluding hydrogens is 478 g/mol. The van der Waals surface area contributed by atoms with Gasteiger partial charge in [-0.15, -0.1) is 0 Å². The molecule has 0 atom stereocenters. The van der Waals surface area contributed by atoms with Crippen molar-refractivity contribution in [3.05, 3.63) is 100 Å². The fourth-order valence-corrected chi connectivity index (χ4v) is 3.59. The number of aromatic nitrogens is 2. The number of benzene rings is 2. The van der Waals surface area contributed by atoms with Crippen LogP contribution >= 0.6 is 0 Å². The third-order valence-electron chi connectivity index (χ3n) is 5.45. The van der Waals surface area contributed by atoms with Crippen LogP contribution < -0.4 is 10.1 Å². The van der Waals surface area contributed by atoms with E-state index in [2.05, 4.69) is 24.3 Å². The molecule has 0 aliphatic rings. The SMILES string of the molecule is Cc1ccc(C(C)C)c(OCc2ccc(C(=O)Nc3ccn(Cc4c(F)c(F)cc(F)c4F)n3)o2)c1. The largest absolute Gasteiger partial charge is 0.485 e. The van der Waals surface area contributed by atoms with E-state index in [9.17, 15) is 22.4 Å². The minimum absolute atomic E-state index is 0.000709. The molecular formula is C26H23F4N3O3. The molecule has 0 aliphatic carbocycles. The van der Waals surface area contributed by atoms with Gasteiger partial charge in [0, 0.05) is 18.3 Å². The average molecular weight is 501 g/mol. The maximum atomic E-state index is 13.9. The number of carbonyl (C=O) groups excluding carboxylic acids is 1. The second-order valence-electron chi connectivity index (χ2n) is 8.55. The van der Waals surface area contributed by atoms with Crippen molar-refractivity contribution in [2.45, 2.75) is 39.8 Å². The van der Waals surface area contributed by atoms with Crippen molar-refractivity contribution in [3.8, 4) is 5.75 Å². The molecule has 36 heavy (non-hydrogen) atoms. The molecule has 0 fully saturated rings. The molecule has 0 saturated carbocycles. The van der Waals surface area contributed by atoms with Crippen LogP contribution in [0, 0.1) is 30.2 Å². The maximum Gasteiger partial charge on any atom is 0.292 e. The number of halogens is 4. The summed E-state index contributed by atoms with van der Waals surface area (Å²) in [6.45, 7) is 5.64. The van der Waals surface area contributed by atoms with E-state index in [4.69, 9.17) is 9.15 Å². The van der Waals surface area contributed by atoms with Gasteiger partial charge < -0.3 is 14.5 Å². The van der Waals surface area contributed by atoms with Crippen LogP contribution in [0.3, 0.4) is 0 Å². The van der Waals surface area contributed by atoms with Gasteiger partial charge in [0.15, 0.2) is 34.8 Å². The highest BCUT2D eigenvalue weighted by molar-refractivity contribution is 6.01. The molecule has 0 spiro atoms. The third-order valence-corrected chi connectivity index (χ3v) is 5.45. The first-order valence-electron chi connectivity index (χ1n) is 11.1. The van der Waals surface area contributed by atoms with Crippen molar-refractivity contribution in [3.63, 3.8) is 0 Å². The lowest BCUT2D eigenvalue weighted by Crippen LogP contribution is -2.13. The molecule has 4 rings (SSSR count). The van der Waals surface area contributed by atoms with Gasteiger partial charge in [-0.05, 0) is 42.2 Å². The predicted molar refractivity (Wildman–Crippen MR) is 124 cm³/mol. The molecule has 2 aromatic heterocycles. The van der Waals surface area contributed by atoms with Gasteiger partial charge in [0.25, 0.3) is 5.91 Å². The quantitative estimate of drug-likeness (QED) is 0.226. The molecule has 0 aliphatic heterocycles. The van der Waals surface area contributed by atoms with Crippen LogP contribution in [0.1, 0.15) is 52.8 Å². The van der Waals surface area contributed by atoms with Crippen LogP contribution in [-0.2, 0) is 13.2 Å². The highest BCUT2D eigenvalue weighted by Gasteiger charge is 2.20. The van der Waals surface area contributed by atoms with Gasteiger partial charge in [-0.3, -0.25) is 9.48 Å². The fraction of sp³-hybridized carbons (Fsp3) is 0.231. The predicted octanol–water partition coefficient (Wildman–Crippen LogP) is 6.34. The number of carbonyl (C=O) groups is 1. The van der Waals surface area contributed by atoms with E-state index in [1.807, 2.05) is 25.1 Å². The Balaban J connectivity index is 1.40. The third kappa shape index (κ3) is 5.42. The fourth-order valence-electron chi connectivity index (χ4n) is 3.59. The second-order valence-corrected chi connectivity index (χ2v) is 8.55. The van der Waals surface area contributed by atoms with Crippen LogP contribution in [0.2, 0.25) is 0 Å². The maximum absolute atomic E-state index is 13.9. The van der Waals surface area contributed by atoms with E-state index in [-0.39, 0.29) is 30.2 Å². The van der Waals surface area contributed by atoms with Gasteiger partial charge in [0.2, 0.25) is 0 Å². The minimum atomic E-state index is -1.51. The Kier molecular flexibility index (Phi) is 7.14. The van der Waals surface area contributed by atoms with Gasteiger partial charge in [-0.25, -0.2) is 17.6 Å². The van der Waals surface area contributed by atoms with Crippen molar-refractivity contribution in [1.29, 1.82) is 0 Å². The van der Waals surface area contributed by atoms with Gasteiger partial charge in [-0.1, -0.05) is 26.0 Å². The van der Waals surface area contributed by atoms with Gasteiger partial charge in [0.05, 0.1) is 12.1 Å². The molecule has 6 nitrogen and oxygen atoms in total. The molecule has 1 N–H and O–H groups in total. The number of amides is 1. The van der Waals surface area contributed by atoms with E-state index in [1.165, 1.54) is 18.3 Å². The lowest BCUT2D eigenvalue weighted by Gasteiger charge is -2.14. The summed E-state index contributed by atoms with van der Waals surface area (Å²) in [5.74, 6) is -5.16. The van der Waals surface area contributed by atoms with Gasteiger partial charge in [0.1, 0.15) is 18.1 Å². The van der Waals surface area contributed by atoms with Crippen LogP contribution in [0.4, 0.5) is 23.4 Å². The van der Waals surface area contributed by atoms with Crippen molar-refractivity contribution in [2.75, 3.05) is 5.32 Å². The Hall–Kier alpha value is -4.08. The Labute approximate surface area is 204 Å². The Morgan fingerprint density at radius 2 is 1.78 bits per heavy atom. The molecule has 0 radical (unpaired) electrons. The summed E-state index contributed by atoms with van der Waals surface area (Å²) in [4.78, 5) is 12.5. The Morgan fingerprint density at radius 3 is 2.47 bits per heavy atom. The zero-order valence-corrected chi connectivity index (χ0v) is 19.7. The van der Waals surface area contributed by atoms with Gasteiger partial charge >= 0.3 is 0 Å². The number of nitrogens with one attached hydrogen (secondary N) is 1. The Morgan fingerprint density at radius 1 is 1.06 bits per heavy atom. The molecule has 10 heteroatoms. The van der Waals surface area contributed by atoms with Crippen molar-refractivity contribution in [2.24, 2.45) is 0 Å². The summed E-state index contributed by atoms with van der Waals surface area (Å²) in [6, 6.07) is 10.6. The van der Waals surface area contributed by atoms with E-state index in [1.54, 1.807) is 6.07 Å². The summed E-state index contributed by atoms with van der Waals surface area (Å²) in [6.07, 6.45) is 1.30. The molecule has 0 unspecified atom stereocenters. The summed E-state index contributed by atoms with van der Waals surface area (Å²) < 4.78 is 67.2. The normalized spacial score (nSPS) is 11.2.